The maximum atomic E-state index is 12.2. The second-order valence-corrected chi connectivity index (χ2v) is 5.87. The second kappa shape index (κ2) is 4.19. The number of amides is 1. The molecule has 1 aliphatic carbocycles. The molecular weight excluding hydrogens is 294 g/mol. The quantitative estimate of drug-likeness (QED) is 0.788. The molecule has 0 atom stereocenters. The van der Waals surface area contributed by atoms with Crippen LogP contribution in [-0.4, -0.2) is 18.2 Å². The van der Waals surface area contributed by atoms with E-state index < -0.39 is 0 Å². The summed E-state index contributed by atoms with van der Waals surface area (Å²) in [5.74, 6) is 0.451. The van der Waals surface area contributed by atoms with E-state index in [2.05, 4.69) is 15.9 Å². The number of hydrogen-bond acceptors (Lipinski definition) is 2. The van der Waals surface area contributed by atoms with E-state index in [1.807, 2.05) is 12.1 Å². The lowest BCUT2D eigenvalue weighted by Gasteiger charge is -2.16. The number of fused-ring (bicyclic) bond motifs is 1. The lowest BCUT2D eigenvalue weighted by Crippen LogP contribution is -2.26. The zero-order valence-corrected chi connectivity index (χ0v) is 11.8. The highest BCUT2D eigenvalue weighted by atomic mass is 79.9. The van der Waals surface area contributed by atoms with Gasteiger partial charge in [-0.2, -0.15) is 0 Å². The fourth-order valence-corrected chi connectivity index (χ4v) is 3.07. The number of hydrogen-bond donors (Lipinski definition) is 0. The van der Waals surface area contributed by atoms with Crippen LogP contribution in [0.1, 0.15) is 35.7 Å². The van der Waals surface area contributed by atoms with Crippen molar-refractivity contribution in [1.29, 1.82) is 0 Å². The minimum atomic E-state index is 0.0425. The first kappa shape index (κ1) is 11.9. The van der Waals surface area contributed by atoms with E-state index in [0.29, 0.717) is 0 Å². The molecule has 4 heteroatoms. The largest absolute Gasteiger partial charge is 0.312 e. The minimum Gasteiger partial charge on any atom is -0.312 e. The normalized spacial score (nSPS) is 17.8. The van der Waals surface area contributed by atoms with Crippen LogP contribution < -0.4 is 4.90 Å². The predicted molar refractivity (Wildman–Crippen MR) is 72.9 cm³/mol. The van der Waals surface area contributed by atoms with Crippen LogP contribution in [0.4, 0.5) is 5.69 Å². The Morgan fingerprint density at radius 1 is 1.33 bits per heavy atom. The number of carbonyl (C=O) groups is 2. The molecule has 18 heavy (non-hydrogen) atoms. The molecule has 3 nitrogen and oxygen atoms in total. The number of Topliss-reactive ketones (excluding diaryl/α,β-unsaturated/α-hetero) is 1. The number of halogens is 1. The number of rotatable bonds is 2. The Bertz CT molecular complexity index is 549. The van der Waals surface area contributed by atoms with Crippen LogP contribution >= 0.6 is 15.9 Å². The number of nitrogens with zero attached hydrogens (tertiary/aromatic N) is 1. The van der Waals surface area contributed by atoms with Gasteiger partial charge in [-0.1, -0.05) is 15.9 Å². The molecule has 1 saturated carbocycles. The van der Waals surface area contributed by atoms with Gasteiger partial charge in [0.2, 0.25) is 5.91 Å². The van der Waals surface area contributed by atoms with Crippen LogP contribution in [-0.2, 0) is 11.2 Å². The molecule has 0 N–H and O–H groups in total. The highest BCUT2D eigenvalue weighted by Gasteiger charge is 2.33. The predicted octanol–water partition coefficient (Wildman–Crippen LogP) is 2.95. The summed E-state index contributed by atoms with van der Waals surface area (Å²) in [6, 6.07) is 3.88. The van der Waals surface area contributed by atoms with Gasteiger partial charge >= 0.3 is 0 Å². The average Bonchev–Trinajstić information content (AvgIpc) is 3.08. The zero-order valence-electron chi connectivity index (χ0n) is 10.2. The van der Waals surface area contributed by atoms with Crippen molar-refractivity contribution in [2.45, 2.75) is 26.2 Å². The summed E-state index contributed by atoms with van der Waals surface area (Å²) in [6.07, 6.45) is 2.86. The number of benzene rings is 1. The van der Waals surface area contributed by atoms with E-state index in [1.54, 1.807) is 11.8 Å². The van der Waals surface area contributed by atoms with Crippen LogP contribution in [0.25, 0.3) is 0 Å². The average molecular weight is 308 g/mol. The van der Waals surface area contributed by atoms with Gasteiger partial charge in [0.15, 0.2) is 5.78 Å². The molecule has 94 valence electrons. The minimum absolute atomic E-state index is 0.0425. The van der Waals surface area contributed by atoms with Crippen molar-refractivity contribution < 1.29 is 9.59 Å². The summed E-state index contributed by atoms with van der Waals surface area (Å²) >= 11 is 3.48. The summed E-state index contributed by atoms with van der Waals surface area (Å²) < 4.78 is 0.864. The molecule has 0 bridgehead atoms. The van der Waals surface area contributed by atoms with Crippen LogP contribution in [0, 0.1) is 5.92 Å². The zero-order chi connectivity index (χ0) is 12.9. The maximum absolute atomic E-state index is 12.2. The van der Waals surface area contributed by atoms with E-state index >= 15 is 0 Å². The maximum Gasteiger partial charge on any atom is 0.223 e. The SMILES string of the molecule is CC(=O)N1CCc2cc(Br)c(C(=O)C3CC3)cc21. The van der Waals surface area contributed by atoms with Crippen LogP contribution in [0.3, 0.4) is 0 Å². The lowest BCUT2D eigenvalue weighted by molar-refractivity contribution is -0.116. The molecule has 3 rings (SSSR count). The van der Waals surface area contributed by atoms with Crippen molar-refractivity contribution >= 4 is 33.3 Å². The Morgan fingerprint density at radius 3 is 2.67 bits per heavy atom. The Morgan fingerprint density at radius 2 is 2.06 bits per heavy atom. The Kier molecular flexibility index (Phi) is 2.77. The van der Waals surface area contributed by atoms with Crippen molar-refractivity contribution in [3.8, 4) is 0 Å². The lowest BCUT2D eigenvalue weighted by atomic mass is 10.0. The Hall–Kier alpha value is -1.16. The smallest absolute Gasteiger partial charge is 0.223 e. The van der Waals surface area contributed by atoms with Crippen LogP contribution in [0.2, 0.25) is 0 Å². The summed E-state index contributed by atoms with van der Waals surface area (Å²) in [5.41, 5.74) is 2.78. The van der Waals surface area contributed by atoms with E-state index in [1.165, 1.54) is 0 Å². The van der Waals surface area contributed by atoms with Gasteiger partial charge in [0.1, 0.15) is 0 Å². The van der Waals surface area contributed by atoms with Crippen molar-refractivity contribution in [2.75, 3.05) is 11.4 Å². The Labute approximate surface area is 114 Å². The molecule has 1 fully saturated rings. The number of carbonyl (C=O) groups excluding carboxylic acids is 2. The molecule has 0 saturated heterocycles. The van der Waals surface area contributed by atoms with E-state index in [0.717, 1.165) is 47.1 Å². The number of anilines is 1. The standard InChI is InChI=1S/C14H14BrNO2/c1-8(17)16-5-4-10-6-12(15)11(7-13(10)16)14(18)9-2-3-9/h6-7,9H,2-5H2,1H3. The molecule has 1 amide bonds. The summed E-state index contributed by atoms with van der Waals surface area (Å²) in [4.78, 5) is 25.5. The molecule has 0 aromatic heterocycles. The van der Waals surface area contributed by atoms with E-state index in [9.17, 15) is 9.59 Å². The molecule has 1 aromatic rings. The molecule has 0 spiro atoms. The fourth-order valence-electron chi connectivity index (χ4n) is 2.49. The third kappa shape index (κ3) is 1.88. The highest BCUT2D eigenvalue weighted by Crippen LogP contribution is 2.38. The van der Waals surface area contributed by atoms with Crippen molar-refractivity contribution in [3.05, 3.63) is 27.7 Å². The second-order valence-electron chi connectivity index (χ2n) is 5.02. The molecule has 0 unspecified atom stereocenters. The molecule has 2 aliphatic rings. The van der Waals surface area contributed by atoms with Gasteiger partial charge in [-0.25, -0.2) is 0 Å². The monoisotopic (exact) mass is 307 g/mol. The van der Waals surface area contributed by atoms with E-state index in [-0.39, 0.29) is 17.6 Å². The summed E-state index contributed by atoms with van der Waals surface area (Å²) in [7, 11) is 0. The van der Waals surface area contributed by atoms with E-state index in [4.69, 9.17) is 0 Å². The highest BCUT2D eigenvalue weighted by molar-refractivity contribution is 9.10. The van der Waals surface area contributed by atoms with Crippen LogP contribution in [0.15, 0.2) is 16.6 Å². The van der Waals surface area contributed by atoms with Gasteiger partial charge in [0.05, 0.1) is 0 Å². The summed E-state index contributed by atoms with van der Waals surface area (Å²) in [6.45, 7) is 2.29. The van der Waals surface area contributed by atoms with Gasteiger partial charge in [-0.3, -0.25) is 9.59 Å². The van der Waals surface area contributed by atoms with Gasteiger partial charge in [0, 0.05) is 35.1 Å². The first-order valence-corrected chi connectivity index (χ1v) is 7.02. The van der Waals surface area contributed by atoms with Gasteiger partial charge in [-0.05, 0) is 37.0 Å². The topological polar surface area (TPSA) is 37.4 Å². The molecule has 1 aliphatic heterocycles. The van der Waals surface area contributed by atoms with Gasteiger partial charge < -0.3 is 4.90 Å². The fraction of sp³-hybridized carbons (Fsp3) is 0.429. The van der Waals surface area contributed by atoms with Crippen molar-refractivity contribution in [1.82, 2.24) is 0 Å². The first-order valence-electron chi connectivity index (χ1n) is 6.22. The molecule has 0 radical (unpaired) electrons. The first-order chi connectivity index (χ1) is 8.58. The number of ketones is 1. The third-order valence-electron chi connectivity index (χ3n) is 3.66. The molecule has 1 heterocycles. The van der Waals surface area contributed by atoms with Crippen LogP contribution in [0.5, 0.6) is 0 Å². The summed E-state index contributed by atoms with van der Waals surface area (Å²) in [5, 5.41) is 0. The molecule has 1 aromatic carbocycles. The Balaban J connectivity index is 2.04. The van der Waals surface area contributed by atoms with Crippen molar-refractivity contribution in [2.24, 2.45) is 5.92 Å². The van der Waals surface area contributed by atoms with Crippen molar-refractivity contribution in [3.63, 3.8) is 0 Å². The molecular formula is C14H14BrNO2. The third-order valence-corrected chi connectivity index (χ3v) is 4.31. The van der Waals surface area contributed by atoms with Gasteiger partial charge in [0.25, 0.3) is 0 Å². The van der Waals surface area contributed by atoms with Gasteiger partial charge in [-0.15, -0.1) is 0 Å².